The smallest absolute Gasteiger partial charge is 0.119 e. The molecule has 3 nitrogen and oxygen atoms in total. The van der Waals surface area contributed by atoms with Gasteiger partial charge in [-0.1, -0.05) is 22.9 Å². The van der Waals surface area contributed by atoms with Crippen LogP contribution in [0.2, 0.25) is 0 Å². The van der Waals surface area contributed by atoms with Gasteiger partial charge in [-0.25, -0.2) is 0 Å². The molecular formula is C15H24BrClN2O. The summed E-state index contributed by atoms with van der Waals surface area (Å²) in [4.78, 5) is 2.40. The fourth-order valence-electron chi connectivity index (χ4n) is 2.80. The predicted molar refractivity (Wildman–Crippen MR) is 89.9 cm³/mol. The summed E-state index contributed by atoms with van der Waals surface area (Å²) in [6, 6.07) is 6.15. The molecule has 1 heterocycles. The quantitative estimate of drug-likeness (QED) is 0.868. The fraction of sp³-hybridized carbons (Fsp3) is 0.600. The second kappa shape index (κ2) is 7.64. The van der Waals surface area contributed by atoms with Gasteiger partial charge in [-0.05, 0) is 49.2 Å². The van der Waals surface area contributed by atoms with Gasteiger partial charge >= 0.3 is 0 Å². The average molecular weight is 364 g/mol. The molecule has 1 aromatic rings. The van der Waals surface area contributed by atoms with Crippen LogP contribution >= 0.6 is 28.3 Å². The molecule has 1 saturated heterocycles. The lowest BCUT2D eigenvalue weighted by Gasteiger charge is -2.29. The number of nitrogens with zero attached hydrogens (tertiary/aromatic N) is 1. The SMILES string of the molecule is COc1ccc(Br)c(CN(C)CC2(C)CCNC2)c1.Cl. The van der Waals surface area contributed by atoms with Crippen molar-refractivity contribution >= 4 is 28.3 Å². The lowest BCUT2D eigenvalue weighted by atomic mass is 9.89. The molecule has 0 spiro atoms. The van der Waals surface area contributed by atoms with E-state index in [1.807, 2.05) is 6.07 Å². The van der Waals surface area contributed by atoms with Gasteiger partial charge in [-0.2, -0.15) is 0 Å². The van der Waals surface area contributed by atoms with Crippen LogP contribution in [-0.4, -0.2) is 38.7 Å². The minimum absolute atomic E-state index is 0. The van der Waals surface area contributed by atoms with Crippen molar-refractivity contribution in [2.45, 2.75) is 19.9 Å². The number of hydrogen-bond acceptors (Lipinski definition) is 3. The molecule has 1 aromatic carbocycles. The second-order valence-electron chi connectivity index (χ2n) is 5.87. The molecule has 0 amide bonds. The third-order valence-corrected chi connectivity index (χ3v) is 4.58. The zero-order valence-corrected chi connectivity index (χ0v) is 14.8. The number of rotatable bonds is 5. The molecule has 1 atom stereocenters. The number of methoxy groups -OCH3 is 1. The van der Waals surface area contributed by atoms with Gasteiger partial charge in [0.1, 0.15) is 5.75 Å². The van der Waals surface area contributed by atoms with Gasteiger partial charge in [0, 0.05) is 24.1 Å². The molecule has 20 heavy (non-hydrogen) atoms. The van der Waals surface area contributed by atoms with Crippen LogP contribution in [-0.2, 0) is 6.54 Å². The topological polar surface area (TPSA) is 24.5 Å². The molecule has 0 aliphatic carbocycles. The van der Waals surface area contributed by atoms with E-state index in [1.54, 1.807) is 7.11 Å². The van der Waals surface area contributed by atoms with Gasteiger partial charge in [0.25, 0.3) is 0 Å². The number of hydrogen-bond donors (Lipinski definition) is 1. The Bertz CT molecular complexity index is 436. The number of ether oxygens (including phenoxy) is 1. The zero-order valence-electron chi connectivity index (χ0n) is 12.4. The van der Waals surface area contributed by atoms with E-state index < -0.39 is 0 Å². The van der Waals surface area contributed by atoms with Gasteiger partial charge in [0.05, 0.1) is 7.11 Å². The lowest BCUT2D eigenvalue weighted by molar-refractivity contribution is 0.203. The third kappa shape index (κ3) is 4.62. The van der Waals surface area contributed by atoms with Crippen LogP contribution in [0, 0.1) is 5.41 Å². The van der Waals surface area contributed by atoms with Gasteiger partial charge in [0.2, 0.25) is 0 Å². The molecule has 0 aromatic heterocycles. The Balaban J connectivity index is 0.00000200. The van der Waals surface area contributed by atoms with E-state index in [0.717, 1.165) is 36.4 Å². The number of nitrogens with one attached hydrogen (secondary N) is 1. The average Bonchev–Trinajstić information content (AvgIpc) is 2.78. The van der Waals surface area contributed by atoms with Crippen LogP contribution in [0.1, 0.15) is 18.9 Å². The van der Waals surface area contributed by atoms with Gasteiger partial charge in [-0.3, -0.25) is 0 Å². The molecule has 1 aliphatic rings. The Labute approximate surface area is 136 Å². The van der Waals surface area contributed by atoms with E-state index in [1.165, 1.54) is 12.0 Å². The summed E-state index contributed by atoms with van der Waals surface area (Å²) in [6.07, 6.45) is 1.26. The molecule has 1 aliphatic heterocycles. The van der Waals surface area contributed by atoms with Gasteiger partial charge in [0.15, 0.2) is 0 Å². The molecule has 1 fully saturated rings. The molecule has 2 rings (SSSR count). The first-order valence-electron chi connectivity index (χ1n) is 6.74. The molecule has 0 bridgehead atoms. The van der Waals surface area contributed by atoms with Crippen molar-refractivity contribution in [2.75, 3.05) is 33.8 Å². The zero-order chi connectivity index (χ0) is 13.9. The largest absolute Gasteiger partial charge is 0.497 e. The third-order valence-electron chi connectivity index (χ3n) is 3.80. The van der Waals surface area contributed by atoms with E-state index in [4.69, 9.17) is 4.74 Å². The molecule has 5 heteroatoms. The summed E-state index contributed by atoms with van der Waals surface area (Å²) >= 11 is 3.62. The highest BCUT2D eigenvalue weighted by Gasteiger charge is 2.29. The molecule has 1 unspecified atom stereocenters. The fourth-order valence-corrected chi connectivity index (χ4v) is 3.17. The highest BCUT2D eigenvalue weighted by molar-refractivity contribution is 9.10. The first-order chi connectivity index (χ1) is 9.02. The number of benzene rings is 1. The highest BCUT2D eigenvalue weighted by Crippen LogP contribution is 2.28. The Kier molecular flexibility index (Phi) is 6.79. The van der Waals surface area contributed by atoms with Gasteiger partial charge in [-0.15, -0.1) is 12.4 Å². The minimum atomic E-state index is 0. The Morgan fingerprint density at radius 1 is 1.45 bits per heavy atom. The van der Waals surface area contributed by atoms with Crippen LogP contribution in [0.3, 0.4) is 0 Å². The normalized spacial score (nSPS) is 21.9. The van der Waals surface area contributed by atoms with E-state index in [9.17, 15) is 0 Å². The van der Waals surface area contributed by atoms with Crippen LogP contribution in [0.4, 0.5) is 0 Å². The van der Waals surface area contributed by atoms with E-state index in [2.05, 4.69) is 52.3 Å². The van der Waals surface area contributed by atoms with Crippen LogP contribution in [0.15, 0.2) is 22.7 Å². The Hall–Kier alpha value is -0.290. The summed E-state index contributed by atoms with van der Waals surface area (Å²) in [5.74, 6) is 0.917. The van der Waals surface area contributed by atoms with Crippen LogP contribution < -0.4 is 10.1 Å². The maximum absolute atomic E-state index is 5.30. The van der Waals surface area contributed by atoms with Crippen molar-refractivity contribution in [1.82, 2.24) is 10.2 Å². The molecule has 0 saturated carbocycles. The van der Waals surface area contributed by atoms with Crippen molar-refractivity contribution in [2.24, 2.45) is 5.41 Å². The highest BCUT2D eigenvalue weighted by atomic mass is 79.9. The predicted octanol–water partition coefficient (Wildman–Crippen LogP) is 3.31. The maximum atomic E-state index is 5.30. The lowest BCUT2D eigenvalue weighted by Crippen LogP contribution is -2.34. The standard InChI is InChI=1S/C15H23BrN2O.ClH/c1-15(6-7-17-10-15)11-18(2)9-12-8-13(19-3)4-5-14(12)16;/h4-5,8,17H,6-7,9-11H2,1-3H3;1H. The van der Waals surface area contributed by atoms with Crippen molar-refractivity contribution in [3.8, 4) is 5.75 Å². The Morgan fingerprint density at radius 2 is 2.20 bits per heavy atom. The summed E-state index contributed by atoms with van der Waals surface area (Å²) in [5.41, 5.74) is 1.68. The van der Waals surface area contributed by atoms with Crippen molar-refractivity contribution < 1.29 is 4.74 Å². The monoisotopic (exact) mass is 362 g/mol. The summed E-state index contributed by atoms with van der Waals surface area (Å²) in [7, 11) is 3.90. The maximum Gasteiger partial charge on any atom is 0.119 e. The Morgan fingerprint density at radius 3 is 2.80 bits per heavy atom. The first kappa shape index (κ1) is 17.8. The van der Waals surface area contributed by atoms with E-state index in [-0.39, 0.29) is 12.4 Å². The number of halogens is 2. The summed E-state index contributed by atoms with van der Waals surface area (Å²) in [6.45, 7) is 6.69. The van der Waals surface area contributed by atoms with Crippen LogP contribution in [0.25, 0.3) is 0 Å². The minimum Gasteiger partial charge on any atom is -0.497 e. The van der Waals surface area contributed by atoms with Gasteiger partial charge < -0.3 is 15.0 Å². The first-order valence-corrected chi connectivity index (χ1v) is 7.53. The van der Waals surface area contributed by atoms with E-state index >= 15 is 0 Å². The summed E-state index contributed by atoms with van der Waals surface area (Å²) in [5, 5.41) is 3.46. The van der Waals surface area contributed by atoms with Crippen molar-refractivity contribution in [3.63, 3.8) is 0 Å². The van der Waals surface area contributed by atoms with Crippen LogP contribution in [0.5, 0.6) is 5.75 Å². The van der Waals surface area contributed by atoms with E-state index in [0.29, 0.717) is 5.41 Å². The molecule has 1 N–H and O–H groups in total. The van der Waals surface area contributed by atoms with Crippen molar-refractivity contribution in [3.05, 3.63) is 28.2 Å². The summed E-state index contributed by atoms with van der Waals surface area (Å²) < 4.78 is 6.44. The molecule has 114 valence electrons. The molecular weight excluding hydrogens is 340 g/mol. The molecule has 0 radical (unpaired) electrons. The van der Waals surface area contributed by atoms with Crippen molar-refractivity contribution in [1.29, 1.82) is 0 Å². The second-order valence-corrected chi connectivity index (χ2v) is 6.72.